The van der Waals surface area contributed by atoms with E-state index in [-0.39, 0.29) is 29.6 Å². The van der Waals surface area contributed by atoms with Gasteiger partial charge in [0.15, 0.2) is 0 Å². The Kier molecular flexibility index (Phi) is 2.57. The molecule has 1 aromatic heterocycles. The van der Waals surface area contributed by atoms with E-state index in [9.17, 15) is 10.1 Å². The first kappa shape index (κ1) is 10.6. The van der Waals surface area contributed by atoms with E-state index >= 15 is 0 Å². The van der Waals surface area contributed by atoms with Crippen molar-refractivity contribution in [3.63, 3.8) is 0 Å². The molecular weight excluding hydrogens is 214 g/mol. The maximum Gasteiger partial charge on any atom is 0.329 e. The quantitative estimate of drug-likeness (QED) is 0.484. The number of rotatable bonds is 3. The number of aromatic nitrogens is 2. The van der Waals surface area contributed by atoms with Gasteiger partial charge in [0.05, 0.1) is 11.0 Å². The Morgan fingerprint density at radius 3 is 2.88 bits per heavy atom. The summed E-state index contributed by atoms with van der Waals surface area (Å²) in [5, 5.41) is 22.6. The molecule has 1 aromatic rings. The molecule has 8 heteroatoms. The number of nitrogens with two attached hydrogens (primary N) is 1. The van der Waals surface area contributed by atoms with Crippen LogP contribution in [0.4, 0.5) is 17.5 Å². The van der Waals surface area contributed by atoms with Gasteiger partial charge in [0.1, 0.15) is 6.20 Å². The Bertz CT molecular complexity index is 418. The molecule has 0 aromatic carbocycles. The summed E-state index contributed by atoms with van der Waals surface area (Å²) >= 11 is 0. The highest BCUT2D eigenvalue weighted by Crippen LogP contribution is 2.28. The van der Waals surface area contributed by atoms with Crippen molar-refractivity contribution in [3.05, 3.63) is 16.3 Å². The summed E-state index contributed by atoms with van der Waals surface area (Å²) in [5.74, 6) is 0.0855. The maximum absolute atomic E-state index is 10.7. The lowest BCUT2D eigenvalue weighted by molar-refractivity contribution is -0.384. The third kappa shape index (κ3) is 2.01. The third-order valence-electron chi connectivity index (χ3n) is 2.44. The molecule has 0 aliphatic heterocycles. The first-order valence-corrected chi connectivity index (χ1v) is 4.77. The van der Waals surface area contributed by atoms with Crippen LogP contribution in [0.15, 0.2) is 6.20 Å². The predicted octanol–water partition coefficient (Wildman–Crippen LogP) is -0.0978. The van der Waals surface area contributed by atoms with Crippen LogP contribution >= 0.6 is 0 Å². The number of nitrogen functional groups attached to an aromatic ring is 1. The topological polar surface area (TPSA) is 127 Å². The van der Waals surface area contributed by atoms with Gasteiger partial charge in [-0.15, -0.1) is 0 Å². The van der Waals surface area contributed by atoms with Crippen molar-refractivity contribution in [1.82, 2.24) is 9.97 Å². The Balaban J connectivity index is 2.17. The third-order valence-corrected chi connectivity index (χ3v) is 2.44. The Labute approximate surface area is 90.7 Å². The monoisotopic (exact) mass is 225 g/mol. The molecule has 86 valence electrons. The molecule has 0 unspecified atom stereocenters. The van der Waals surface area contributed by atoms with E-state index in [1.807, 2.05) is 0 Å². The minimum Gasteiger partial charge on any atom is -0.393 e. The number of nitrogens with zero attached hydrogens (tertiary/aromatic N) is 3. The number of aliphatic hydroxyl groups excluding tert-OH is 1. The van der Waals surface area contributed by atoms with Crippen LogP contribution in [0.1, 0.15) is 12.8 Å². The van der Waals surface area contributed by atoms with Gasteiger partial charge < -0.3 is 16.2 Å². The highest BCUT2D eigenvalue weighted by Gasteiger charge is 2.29. The zero-order valence-corrected chi connectivity index (χ0v) is 8.33. The largest absolute Gasteiger partial charge is 0.393 e. The van der Waals surface area contributed by atoms with Crippen LogP contribution in [-0.2, 0) is 0 Å². The van der Waals surface area contributed by atoms with Crippen LogP contribution in [-0.4, -0.2) is 32.1 Å². The molecule has 1 aliphatic rings. The van der Waals surface area contributed by atoms with E-state index in [0.29, 0.717) is 12.8 Å². The van der Waals surface area contributed by atoms with Crippen LogP contribution in [0, 0.1) is 10.1 Å². The van der Waals surface area contributed by atoms with Gasteiger partial charge in [-0.05, 0) is 12.8 Å². The van der Waals surface area contributed by atoms with Crippen LogP contribution < -0.4 is 11.1 Å². The molecular formula is C8H11N5O3. The van der Waals surface area contributed by atoms with Crippen molar-refractivity contribution in [1.29, 1.82) is 0 Å². The van der Waals surface area contributed by atoms with E-state index in [0.717, 1.165) is 6.20 Å². The number of nitro groups is 1. The Hall–Kier alpha value is -1.96. The molecule has 16 heavy (non-hydrogen) atoms. The van der Waals surface area contributed by atoms with Crippen molar-refractivity contribution in [2.45, 2.75) is 25.0 Å². The number of hydrogen-bond donors (Lipinski definition) is 3. The van der Waals surface area contributed by atoms with Gasteiger partial charge in [0, 0.05) is 6.04 Å². The first-order chi connectivity index (χ1) is 7.56. The molecule has 1 aliphatic carbocycles. The van der Waals surface area contributed by atoms with Crippen LogP contribution in [0.2, 0.25) is 0 Å². The molecule has 0 spiro atoms. The lowest BCUT2D eigenvalue weighted by Crippen LogP contribution is -2.39. The van der Waals surface area contributed by atoms with Gasteiger partial charge in [0.2, 0.25) is 11.8 Å². The second-order valence-electron chi connectivity index (χ2n) is 3.69. The molecule has 0 bridgehead atoms. The molecule has 1 saturated carbocycles. The molecule has 4 N–H and O–H groups in total. The number of anilines is 2. The fraction of sp³-hybridized carbons (Fsp3) is 0.500. The maximum atomic E-state index is 10.7. The number of aliphatic hydroxyl groups is 1. The average Bonchev–Trinajstić information content (AvgIpc) is 2.15. The summed E-state index contributed by atoms with van der Waals surface area (Å²) in [6.07, 6.45) is 1.85. The molecule has 0 amide bonds. The van der Waals surface area contributed by atoms with Crippen LogP contribution in [0.25, 0.3) is 0 Å². The van der Waals surface area contributed by atoms with Gasteiger partial charge in [-0.3, -0.25) is 10.1 Å². The molecule has 2 rings (SSSR count). The minimum absolute atomic E-state index is 0.00278. The first-order valence-electron chi connectivity index (χ1n) is 4.77. The zero-order chi connectivity index (χ0) is 11.7. The van der Waals surface area contributed by atoms with Crippen molar-refractivity contribution < 1.29 is 10.0 Å². The molecule has 1 fully saturated rings. The minimum atomic E-state index is -0.573. The Morgan fingerprint density at radius 2 is 2.31 bits per heavy atom. The standard InChI is InChI=1S/C8H11N5O3/c9-8-10-3-6(13(15)16)7(12-8)11-4-1-5(14)2-4/h3-5,14H,1-2H2,(H3,9,10,11,12). The van der Waals surface area contributed by atoms with Gasteiger partial charge in [-0.1, -0.05) is 0 Å². The van der Waals surface area contributed by atoms with E-state index in [1.165, 1.54) is 0 Å². The van der Waals surface area contributed by atoms with E-state index in [4.69, 9.17) is 10.8 Å². The van der Waals surface area contributed by atoms with Crippen molar-refractivity contribution >= 4 is 17.5 Å². The highest BCUT2D eigenvalue weighted by atomic mass is 16.6. The Morgan fingerprint density at radius 1 is 1.62 bits per heavy atom. The van der Waals surface area contributed by atoms with Gasteiger partial charge >= 0.3 is 5.69 Å². The zero-order valence-electron chi connectivity index (χ0n) is 8.33. The summed E-state index contributed by atoms with van der Waals surface area (Å²) < 4.78 is 0. The summed E-state index contributed by atoms with van der Waals surface area (Å²) in [6.45, 7) is 0. The summed E-state index contributed by atoms with van der Waals surface area (Å²) in [5.41, 5.74) is 5.14. The predicted molar refractivity (Wildman–Crippen MR) is 55.8 cm³/mol. The van der Waals surface area contributed by atoms with Gasteiger partial charge in [0.25, 0.3) is 0 Å². The lowest BCUT2D eigenvalue weighted by atomic mass is 9.89. The second-order valence-corrected chi connectivity index (χ2v) is 3.69. The van der Waals surface area contributed by atoms with Crippen molar-refractivity contribution in [2.24, 2.45) is 0 Å². The normalized spacial score (nSPS) is 23.6. The van der Waals surface area contributed by atoms with Crippen LogP contribution in [0.5, 0.6) is 0 Å². The van der Waals surface area contributed by atoms with E-state index < -0.39 is 4.92 Å². The van der Waals surface area contributed by atoms with Crippen molar-refractivity contribution in [2.75, 3.05) is 11.1 Å². The fourth-order valence-corrected chi connectivity index (χ4v) is 1.53. The number of hydrogen-bond acceptors (Lipinski definition) is 7. The fourth-order valence-electron chi connectivity index (χ4n) is 1.53. The summed E-state index contributed by atoms with van der Waals surface area (Å²) in [7, 11) is 0. The van der Waals surface area contributed by atoms with Gasteiger partial charge in [-0.2, -0.15) is 4.98 Å². The van der Waals surface area contributed by atoms with Crippen molar-refractivity contribution in [3.8, 4) is 0 Å². The molecule has 0 radical (unpaired) electrons. The molecule has 0 atom stereocenters. The number of nitrogens with one attached hydrogen (secondary N) is 1. The smallest absolute Gasteiger partial charge is 0.329 e. The van der Waals surface area contributed by atoms with E-state index in [1.54, 1.807) is 0 Å². The van der Waals surface area contributed by atoms with Gasteiger partial charge in [-0.25, -0.2) is 4.98 Å². The SMILES string of the molecule is Nc1ncc([N+](=O)[O-])c(NC2CC(O)C2)n1. The second kappa shape index (κ2) is 3.89. The summed E-state index contributed by atoms with van der Waals surface area (Å²) in [6, 6.07) is 0.00278. The molecule has 1 heterocycles. The molecule has 0 saturated heterocycles. The summed E-state index contributed by atoms with van der Waals surface area (Å²) in [4.78, 5) is 17.4. The lowest BCUT2D eigenvalue weighted by Gasteiger charge is -2.32. The van der Waals surface area contributed by atoms with E-state index in [2.05, 4.69) is 15.3 Å². The molecule has 8 nitrogen and oxygen atoms in total. The van der Waals surface area contributed by atoms with Crippen LogP contribution in [0.3, 0.4) is 0 Å². The highest BCUT2D eigenvalue weighted by molar-refractivity contribution is 5.57. The average molecular weight is 225 g/mol.